The van der Waals surface area contributed by atoms with Gasteiger partial charge in [0.05, 0.1) is 18.4 Å². The molecule has 3 aromatic heterocycles. The van der Waals surface area contributed by atoms with E-state index >= 15 is 0 Å². The molecule has 0 radical (unpaired) electrons. The predicted octanol–water partition coefficient (Wildman–Crippen LogP) is 2.57. The van der Waals surface area contributed by atoms with Crippen LogP contribution in [-0.2, 0) is 6.54 Å². The Kier molecular flexibility index (Phi) is 4.58. The zero-order chi connectivity index (χ0) is 20.7. The van der Waals surface area contributed by atoms with Crippen LogP contribution in [0.5, 0.6) is 5.88 Å². The van der Waals surface area contributed by atoms with Crippen LogP contribution >= 0.6 is 0 Å². The molecule has 2 atom stereocenters. The largest absolute Gasteiger partial charge is 0.481 e. The monoisotopic (exact) mass is 402 g/mol. The van der Waals surface area contributed by atoms with Crippen molar-refractivity contribution in [2.24, 2.45) is 5.92 Å². The molecule has 2 aliphatic heterocycles. The minimum absolute atomic E-state index is 0.00184. The van der Waals surface area contributed by atoms with Gasteiger partial charge in [-0.25, -0.2) is 4.98 Å². The Hall–Kier alpha value is -3.48. The van der Waals surface area contributed by atoms with E-state index in [2.05, 4.69) is 16.0 Å². The van der Waals surface area contributed by atoms with Gasteiger partial charge in [0.1, 0.15) is 0 Å². The molecule has 0 aromatic carbocycles. The van der Waals surface area contributed by atoms with Gasteiger partial charge in [0.25, 0.3) is 11.5 Å². The fourth-order valence-corrected chi connectivity index (χ4v) is 4.62. The van der Waals surface area contributed by atoms with Crippen molar-refractivity contribution in [3.63, 3.8) is 0 Å². The van der Waals surface area contributed by atoms with E-state index in [0.29, 0.717) is 31.1 Å². The van der Waals surface area contributed by atoms with Gasteiger partial charge in [-0.05, 0) is 36.6 Å². The lowest BCUT2D eigenvalue weighted by atomic mass is 9.82. The number of nitrogens with zero attached hydrogens (tertiary/aromatic N) is 4. The third kappa shape index (κ3) is 3.26. The molecule has 5 heterocycles. The van der Waals surface area contributed by atoms with E-state index < -0.39 is 0 Å². The maximum atomic E-state index is 13.1. The topological polar surface area (TPSA) is 77.3 Å². The first-order valence-corrected chi connectivity index (χ1v) is 10.1. The second-order valence-electron chi connectivity index (χ2n) is 7.93. The number of piperidine rings is 1. The lowest BCUT2D eigenvalue weighted by molar-refractivity contribution is 0.0594. The number of aromatic nitrogens is 3. The Morgan fingerprint density at radius 2 is 2.00 bits per heavy atom. The quantitative estimate of drug-likeness (QED) is 0.673. The third-order valence-electron chi connectivity index (χ3n) is 6.00. The lowest BCUT2D eigenvalue weighted by Gasteiger charge is -2.43. The highest BCUT2D eigenvalue weighted by atomic mass is 16.5. The number of carbonyl (C=O) groups is 1. The van der Waals surface area contributed by atoms with Crippen LogP contribution in [0, 0.1) is 5.92 Å². The number of likely N-dealkylation sites (tertiary alicyclic amines) is 1. The van der Waals surface area contributed by atoms with E-state index in [-0.39, 0.29) is 23.3 Å². The zero-order valence-corrected chi connectivity index (χ0v) is 16.7. The summed E-state index contributed by atoms with van der Waals surface area (Å²) in [5.41, 5.74) is 3.16. The van der Waals surface area contributed by atoms with Crippen LogP contribution in [0.15, 0.2) is 59.7 Å². The Morgan fingerprint density at radius 3 is 2.73 bits per heavy atom. The second-order valence-corrected chi connectivity index (χ2v) is 7.93. The molecule has 1 saturated heterocycles. The van der Waals surface area contributed by atoms with Crippen LogP contribution in [0.2, 0.25) is 0 Å². The molecule has 1 fully saturated rings. The first-order valence-electron chi connectivity index (χ1n) is 10.1. The van der Waals surface area contributed by atoms with E-state index in [1.165, 1.54) is 0 Å². The number of ether oxygens (including phenoxy) is 1. The lowest BCUT2D eigenvalue weighted by Crippen LogP contribution is -2.49. The van der Waals surface area contributed by atoms with E-state index in [1.807, 2.05) is 27.7 Å². The van der Waals surface area contributed by atoms with Crippen molar-refractivity contribution in [2.75, 3.05) is 20.2 Å². The summed E-state index contributed by atoms with van der Waals surface area (Å²) in [6.07, 6.45) is 4.27. The minimum Gasteiger partial charge on any atom is -0.481 e. The third-order valence-corrected chi connectivity index (χ3v) is 6.00. The fourth-order valence-electron chi connectivity index (χ4n) is 4.62. The number of pyridine rings is 3. The number of carbonyl (C=O) groups excluding carboxylic acids is 1. The van der Waals surface area contributed by atoms with Gasteiger partial charge in [0.2, 0.25) is 5.88 Å². The van der Waals surface area contributed by atoms with Crippen LogP contribution < -0.4 is 10.3 Å². The minimum atomic E-state index is -0.0310. The molecule has 0 saturated carbocycles. The van der Waals surface area contributed by atoms with Crippen molar-refractivity contribution >= 4 is 5.91 Å². The SMILES string of the molecule is COc1ccc(C(=O)N2C[C@@H]3C[C@H](C2)c2cc(-c4ccccn4)cc(=O)n2C3)cn1. The van der Waals surface area contributed by atoms with Crippen molar-refractivity contribution < 1.29 is 9.53 Å². The van der Waals surface area contributed by atoms with Gasteiger partial charge in [-0.1, -0.05) is 6.07 Å². The normalized spacial score (nSPS) is 19.8. The molecule has 2 aliphatic rings. The molecule has 30 heavy (non-hydrogen) atoms. The van der Waals surface area contributed by atoms with Gasteiger partial charge in [-0.15, -0.1) is 0 Å². The summed E-state index contributed by atoms with van der Waals surface area (Å²) in [6.45, 7) is 1.87. The number of fused-ring (bicyclic) bond motifs is 4. The first kappa shape index (κ1) is 18.5. The molecule has 5 rings (SSSR count). The van der Waals surface area contributed by atoms with Gasteiger partial charge >= 0.3 is 0 Å². The summed E-state index contributed by atoms with van der Waals surface area (Å²) in [7, 11) is 1.55. The molecule has 3 aromatic rings. The summed E-state index contributed by atoms with van der Waals surface area (Å²) < 4.78 is 6.96. The average Bonchev–Trinajstić information content (AvgIpc) is 2.79. The highest BCUT2D eigenvalue weighted by molar-refractivity contribution is 5.94. The summed E-state index contributed by atoms with van der Waals surface area (Å²) in [4.78, 5) is 36.3. The Morgan fingerprint density at radius 1 is 1.10 bits per heavy atom. The van der Waals surface area contributed by atoms with Crippen molar-refractivity contribution in [1.29, 1.82) is 0 Å². The van der Waals surface area contributed by atoms with Crippen molar-refractivity contribution in [2.45, 2.75) is 18.9 Å². The number of hydrogen-bond donors (Lipinski definition) is 0. The highest BCUT2D eigenvalue weighted by Gasteiger charge is 2.37. The molecule has 2 bridgehead atoms. The van der Waals surface area contributed by atoms with Crippen molar-refractivity contribution in [3.8, 4) is 17.1 Å². The maximum Gasteiger partial charge on any atom is 0.255 e. The first-order chi connectivity index (χ1) is 14.6. The zero-order valence-electron chi connectivity index (χ0n) is 16.7. The summed E-state index contributed by atoms with van der Waals surface area (Å²) in [6, 6.07) is 12.9. The van der Waals surface area contributed by atoms with E-state index in [0.717, 1.165) is 23.4 Å². The van der Waals surface area contributed by atoms with Crippen LogP contribution in [0.4, 0.5) is 0 Å². The molecule has 1 amide bonds. The number of rotatable bonds is 3. The highest BCUT2D eigenvalue weighted by Crippen LogP contribution is 2.36. The van der Waals surface area contributed by atoms with E-state index in [1.54, 1.807) is 37.7 Å². The summed E-state index contributed by atoms with van der Waals surface area (Å²) in [5, 5.41) is 0. The smallest absolute Gasteiger partial charge is 0.255 e. The van der Waals surface area contributed by atoms with Crippen LogP contribution in [0.3, 0.4) is 0 Å². The molecule has 0 aliphatic carbocycles. The molecule has 0 N–H and O–H groups in total. The van der Waals surface area contributed by atoms with Gasteiger partial charge in [0, 0.05) is 61.3 Å². The van der Waals surface area contributed by atoms with Crippen molar-refractivity contribution in [1.82, 2.24) is 19.4 Å². The number of hydrogen-bond acceptors (Lipinski definition) is 5. The van der Waals surface area contributed by atoms with Crippen LogP contribution in [0.25, 0.3) is 11.3 Å². The van der Waals surface area contributed by atoms with Crippen molar-refractivity contribution in [3.05, 3.63) is 76.5 Å². The maximum absolute atomic E-state index is 13.1. The Labute approximate surface area is 174 Å². The van der Waals surface area contributed by atoms with E-state index in [4.69, 9.17) is 4.74 Å². The summed E-state index contributed by atoms with van der Waals surface area (Å²) >= 11 is 0. The van der Waals surface area contributed by atoms with Crippen LogP contribution in [-0.4, -0.2) is 45.5 Å². The van der Waals surface area contributed by atoms with Crippen LogP contribution in [0.1, 0.15) is 28.4 Å². The Bertz CT molecular complexity index is 1140. The summed E-state index contributed by atoms with van der Waals surface area (Å²) in [5.74, 6) is 0.850. The van der Waals surface area contributed by atoms with Gasteiger partial charge in [-0.2, -0.15) is 0 Å². The fraction of sp³-hybridized carbons (Fsp3) is 0.304. The van der Waals surface area contributed by atoms with Gasteiger partial charge in [0.15, 0.2) is 0 Å². The molecule has 0 spiro atoms. The van der Waals surface area contributed by atoms with E-state index in [9.17, 15) is 9.59 Å². The molecule has 0 unspecified atom stereocenters. The number of methoxy groups -OCH3 is 1. The molecule has 7 heteroatoms. The second kappa shape index (κ2) is 7.40. The molecule has 7 nitrogen and oxygen atoms in total. The van der Waals surface area contributed by atoms with Gasteiger partial charge in [-0.3, -0.25) is 14.6 Å². The molecular weight excluding hydrogens is 380 g/mol. The average molecular weight is 402 g/mol. The Balaban J connectivity index is 1.45. The molecule has 152 valence electrons. The predicted molar refractivity (Wildman–Crippen MR) is 111 cm³/mol. The van der Waals surface area contributed by atoms with Gasteiger partial charge < -0.3 is 14.2 Å². The number of amides is 1. The molecular formula is C23H22N4O3. The standard InChI is InChI=1S/C23H22N4O3/c1-30-21-6-5-16(11-25-21)23(29)26-12-15-8-18(14-26)20-9-17(10-22(28)27(20)13-15)19-4-2-3-7-24-19/h2-7,9-11,15,18H,8,12-14H2,1H3/t15-,18+/m0/s1.